The highest BCUT2D eigenvalue weighted by atomic mass is 32.2. The van der Waals surface area contributed by atoms with Crippen molar-refractivity contribution in [2.24, 2.45) is 0 Å². The fourth-order valence-electron chi connectivity index (χ4n) is 2.73. The summed E-state index contributed by atoms with van der Waals surface area (Å²) in [6, 6.07) is 6.04. The van der Waals surface area contributed by atoms with Crippen molar-refractivity contribution in [2.75, 3.05) is 11.5 Å². The molecule has 1 aromatic carbocycles. The maximum absolute atomic E-state index is 14.0. The second-order valence-corrected chi connectivity index (χ2v) is 7.44. The normalized spacial score (nSPS) is 21.3. The number of nitrogens with zero attached hydrogens (tertiary/aromatic N) is 1. The number of nitrogen functional groups attached to an aromatic ring is 1. The number of anilines is 1. The number of benzene rings is 1. The van der Waals surface area contributed by atoms with Crippen LogP contribution >= 0.6 is 0 Å². The van der Waals surface area contributed by atoms with Crippen molar-refractivity contribution in [3.05, 3.63) is 35.8 Å². The summed E-state index contributed by atoms with van der Waals surface area (Å²) in [5.41, 5.74) is 6.43. The summed E-state index contributed by atoms with van der Waals surface area (Å²) >= 11 is 0. The maximum Gasteiger partial charge on any atom is 0.230 e. The van der Waals surface area contributed by atoms with E-state index in [-0.39, 0.29) is 28.5 Å². The molecule has 1 fully saturated rings. The van der Waals surface area contributed by atoms with Crippen molar-refractivity contribution < 1.29 is 17.3 Å². The summed E-state index contributed by atoms with van der Waals surface area (Å²) in [6.45, 7) is 0. The smallest absolute Gasteiger partial charge is 0.230 e. The molecule has 0 aliphatic carbocycles. The van der Waals surface area contributed by atoms with E-state index in [2.05, 4.69) is 5.16 Å². The molecule has 2 aromatic rings. The van der Waals surface area contributed by atoms with E-state index in [1.54, 1.807) is 12.1 Å². The van der Waals surface area contributed by atoms with E-state index in [0.29, 0.717) is 12.8 Å². The SMILES string of the molecule is Nc1onc(C2CCCCS2(=O)=O)c1-c1ccccc1F. The summed E-state index contributed by atoms with van der Waals surface area (Å²) in [6.07, 6.45) is 1.88. The van der Waals surface area contributed by atoms with Crippen LogP contribution in [0.4, 0.5) is 10.3 Å². The number of nitrogens with two attached hydrogens (primary N) is 1. The molecule has 3 rings (SSSR count). The van der Waals surface area contributed by atoms with Gasteiger partial charge in [0.1, 0.15) is 16.8 Å². The summed E-state index contributed by atoms with van der Waals surface area (Å²) in [5.74, 6) is -0.432. The van der Waals surface area contributed by atoms with Crippen LogP contribution in [-0.2, 0) is 9.84 Å². The molecule has 21 heavy (non-hydrogen) atoms. The zero-order chi connectivity index (χ0) is 15.0. The molecule has 0 bridgehead atoms. The molecular weight excluding hydrogens is 295 g/mol. The van der Waals surface area contributed by atoms with Gasteiger partial charge in [-0.3, -0.25) is 0 Å². The molecular formula is C14H15FN2O3S. The van der Waals surface area contributed by atoms with Crippen LogP contribution in [0.2, 0.25) is 0 Å². The van der Waals surface area contributed by atoms with E-state index in [1.165, 1.54) is 12.1 Å². The minimum atomic E-state index is -3.31. The van der Waals surface area contributed by atoms with Crippen LogP contribution in [0, 0.1) is 5.82 Å². The van der Waals surface area contributed by atoms with Gasteiger partial charge in [0.25, 0.3) is 0 Å². The molecule has 1 aliphatic rings. The second kappa shape index (κ2) is 5.14. The first-order valence-electron chi connectivity index (χ1n) is 6.72. The Kier molecular flexibility index (Phi) is 3.44. The number of rotatable bonds is 2. The minimum absolute atomic E-state index is 0.0594. The lowest BCUT2D eigenvalue weighted by molar-refractivity contribution is 0.421. The van der Waals surface area contributed by atoms with E-state index in [4.69, 9.17) is 10.3 Å². The lowest BCUT2D eigenvalue weighted by Gasteiger charge is -2.21. The first-order valence-corrected chi connectivity index (χ1v) is 8.44. The van der Waals surface area contributed by atoms with Crippen LogP contribution in [0.5, 0.6) is 0 Å². The highest BCUT2D eigenvalue weighted by Gasteiger charge is 2.36. The average molecular weight is 310 g/mol. The summed E-state index contributed by atoms with van der Waals surface area (Å²) in [5, 5.41) is 3.03. The van der Waals surface area contributed by atoms with Gasteiger partial charge in [0.15, 0.2) is 9.84 Å². The fourth-order valence-corrected chi connectivity index (χ4v) is 4.65. The van der Waals surface area contributed by atoms with Gasteiger partial charge < -0.3 is 10.3 Å². The standard InChI is InChI=1S/C14H15FN2O3S/c15-10-6-2-1-5-9(10)12-13(17-20-14(12)16)11-7-3-4-8-21(11,18)19/h1-2,5-6,11H,3-4,7-8,16H2. The molecule has 1 aliphatic heterocycles. The topological polar surface area (TPSA) is 86.2 Å². The lowest BCUT2D eigenvalue weighted by Crippen LogP contribution is -2.22. The van der Waals surface area contributed by atoms with Crippen LogP contribution in [0.15, 0.2) is 28.8 Å². The molecule has 112 valence electrons. The van der Waals surface area contributed by atoms with Gasteiger partial charge in [0, 0.05) is 5.56 Å². The van der Waals surface area contributed by atoms with Gasteiger partial charge in [-0.25, -0.2) is 12.8 Å². The third kappa shape index (κ3) is 2.42. The van der Waals surface area contributed by atoms with Crippen molar-refractivity contribution in [3.8, 4) is 11.1 Å². The van der Waals surface area contributed by atoms with Crippen molar-refractivity contribution >= 4 is 15.7 Å². The Labute approximate surface area is 121 Å². The van der Waals surface area contributed by atoms with Crippen molar-refractivity contribution in [1.82, 2.24) is 5.16 Å². The Hall–Kier alpha value is -1.89. The highest BCUT2D eigenvalue weighted by molar-refractivity contribution is 7.91. The largest absolute Gasteiger partial charge is 0.367 e. The van der Waals surface area contributed by atoms with Gasteiger partial charge in [-0.1, -0.05) is 29.8 Å². The average Bonchev–Trinajstić information content (AvgIpc) is 2.80. The van der Waals surface area contributed by atoms with Crippen molar-refractivity contribution in [3.63, 3.8) is 0 Å². The molecule has 0 amide bonds. The molecule has 1 atom stereocenters. The first-order chi connectivity index (χ1) is 10.0. The number of hydrogen-bond donors (Lipinski definition) is 1. The molecule has 5 nitrogen and oxygen atoms in total. The van der Waals surface area contributed by atoms with Crippen molar-refractivity contribution in [1.29, 1.82) is 0 Å². The van der Waals surface area contributed by atoms with Gasteiger partial charge >= 0.3 is 0 Å². The van der Waals surface area contributed by atoms with Gasteiger partial charge in [0.05, 0.1) is 11.3 Å². The van der Waals surface area contributed by atoms with Crippen molar-refractivity contribution in [2.45, 2.75) is 24.5 Å². The summed E-state index contributed by atoms with van der Waals surface area (Å²) in [7, 11) is -3.31. The zero-order valence-corrected chi connectivity index (χ0v) is 12.1. The van der Waals surface area contributed by atoms with Gasteiger partial charge in [-0.15, -0.1) is 0 Å². The molecule has 0 radical (unpaired) electrons. The Bertz CT molecular complexity index is 770. The van der Waals surface area contributed by atoms with E-state index in [9.17, 15) is 12.8 Å². The van der Waals surface area contributed by atoms with E-state index < -0.39 is 20.9 Å². The predicted octanol–water partition coefficient (Wildman–Crippen LogP) is 2.70. The summed E-state index contributed by atoms with van der Waals surface area (Å²) < 4.78 is 43.4. The molecule has 1 unspecified atom stereocenters. The van der Waals surface area contributed by atoms with Crippen LogP contribution in [-0.4, -0.2) is 19.3 Å². The predicted molar refractivity (Wildman–Crippen MR) is 76.7 cm³/mol. The highest BCUT2D eigenvalue weighted by Crippen LogP contribution is 2.41. The van der Waals surface area contributed by atoms with Crippen LogP contribution in [0.1, 0.15) is 30.2 Å². The quantitative estimate of drug-likeness (QED) is 0.921. The number of halogens is 1. The number of hydrogen-bond acceptors (Lipinski definition) is 5. The third-order valence-electron chi connectivity index (χ3n) is 3.77. The maximum atomic E-state index is 14.0. The third-order valence-corrected chi connectivity index (χ3v) is 5.96. The molecule has 2 N–H and O–H groups in total. The molecule has 7 heteroatoms. The van der Waals surface area contributed by atoms with Crippen LogP contribution in [0.3, 0.4) is 0 Å². The Morgan fingerprint density at radius 1 is 1.29 bits per heavy atom. The minimum Gasteiger partial charge on any atom is -0.367 e. The fraction of sp³-hybridized carbons (Fsp3) is 0.357. The zero-order valence-electron chi connectivity index (χ0n) is 11.3. The first kappa shape index (κ1) is 14.1. The molecule has 0 saturated carbocycles. The second-order valence-electron chi connectivity index (χ2n) is 5.14. The Morgan fingerprint density at radius 3 is 2.76 bits per heavy atom. The Morgan fingerprint density at radius 2 is 2.05 bits per heavy atom. The monoisotopic (exact) mass is 310 g/mol. The lowest BCUT2D eigenvalue weighted by atomic mass is 10.0. The van der Waals surface area contributed by atoms with E-state index in [1.807, 2.05) is 0 Å². The van der Waals surface area contributed by atoms with E-state index in [0.717, 1.165) is 6.42 Å². The van der Waals surface area contributed by atoms with Gasteiger partial charge in [-0.2, -0.15) is 0 Å². The van der Waals surface area contributed by atoms with Gasteiger partial charge in [-0.05, 0) is 18.9 Å². The number of sulfone groups is 1. The van der Waals surface area contributed by atoms with Crippen LogP contribution < -0.4 is 5.73 Å². The van der Waals surface area contributed by atoms with E-state index >= 15 is 0 Å². The van der Waals surface area contributed by atoms with Crippen LogP contribution in [0.25, 0.3) is 11.1 Å². The molecule has 1 saturated heterocycles. The number of aromatic nitrogens is 1. The summed E-state index contributed by atoms with van der Waals surface area (Å²) in [4.78, 5) is 0. The molecule has 1 aromatic heterocycles. The van der Waals surface area contributed by atoms with Gasteiger partial charge in [0.2, 0.25) is 5.88 Å². The molecule has 2 heterocycles. The Balaban J connectivity index is 2.16. The molecule has 0 spiro atoms.